The van der Waals surface area contributed by atoms with E-state index in [9.17, 15) is 9.59 Å². The second-order valence-corrected chi connectivity index (χ2v) is 5.10. The van der Waals surface area contributed by atoms with Crippen LogP contribution in [0.5, 0.6) is 0 Å². The Bertz CT molecular complexity index is 461. The summed E-state index contributed by atoms with van der Waals surface area (Å²) < 4.78 is 0. The fourth-order valence-corrected chi connectivity index (χ4v) is 2.40. The summed E-state index contributed by atoms with van der Waals surface area (Å²) in [5.74, 6) is -0.186. The van der Waals surface area contributed by atoms with Crippen LogP contribution in [0.3, 0.4) is 0 Å². The molecule has 0 radical (unpaired) electrons. The summed E-state index contributed by atoms with van der Waals surface area (Å²) in [7, 11) is 0. The van der Waals surface area contributed by atoms with E-state index < -0.39 is 0 Å². The number of carbonyl (C=O) groups excluding carboxylic acids is 2. The van der Waals surface area contributed by atoms with E-state index in [-0.39, 0.29) is 24.4 Å². The van der Waals surface area contributed by atoms with Crippen LogP contribution in [0.1, 0.15) is 19.8 Å². The van der Waals surface area contributed by atoms with Crippen molar-refractivity contribution in [3.63, 3.8) is 0 Å². The van der Waals surface area contributed by atoms with E-state index in [1.807, 2.05) is 35.2 Å². The molecule has 1 atom stereocenters. The van der Waals surface area contributed by atoms with Gasteiger partial charge in [-0.15, -0.1) is 0 Å². The Labute approximate surface area is 119 Å². The average Bonchev–Trinajstić information content (AvgIpc) is 2.46. The van der Waals surface area contributed by atoms with Gasteiger partial charge >= 0.3 is 0 Å². The van der Waals surface area contributed by atoms with Gasteiger partial charge in [-0.05, 0) is 25.0 Å². The number of hydrogen-bond donors (Lipinski definition) is 2. The van der Waals surface area contributed by atoms with Gasteiger partial charge in [-0.3, -0.25) is 9.59 Å². The molecule has 1 saturated heterocycles. The maximum Gasteiger partial charge on any atom is 0.242 e. The lowest BCUT2D eigenvalue weighted by Gasteiger charge is -2.33. The topological polar surface area (TPSA) is 61.4 Å². The molecule has 1 unspecified atom stereocenters. The zero-order chi connectivity index (χ0) is 14.4. The third-order valence-corrected chi connectivity index (χ3v) is 3.41. The molecule has 1 aromatic carbocycles. The summed E-state index contributed by atoms with van der Waals surface area (Å²) in [6, 6.07) is 10.3. The molecule has 0 aliphatic carbocycles. The van der Waals surface area contributed by atoms with Crippen molar-refractivity contribution in [2.45, 2.75) is 25.8 Å². The molecule has 1 heterocycles. The molecule has 5 nitrogen and oxygen atoms in total. The second-order valence-electron chi connectivity index (χ2n) is 5.10. The quantitative estimate of drug-likeness (QED) is 0.868. The maximum atomic E-state index is 12.0. The van der Waals surface area contributed by atoms with Gasteiger partial charge in [0.05, 0.1) is 6.54 Å². The fourth-order valence-electron chi connectivity index (χ4n) is 2.40. The van der Waals surface area contributed by atoms with E-state index in [1.165, 1.54) is 6.92 Å². The summed E-state index contributed by atoms with van der Waals surface area (Å²) in [5, 5.41) is 6.01. The number of para-hydroxylation sites is 1. The molecular weight excluding hydrogens is 254 g/mol. The lowest BCUT2D eigenvalue weighted by molar-refractivity contribution is -0.133. The molecule has 1 aromatic rings. The largest absolute Gasteiger partial charge is 0.381 e. The molecule has 0 saturated carbocycles. The summed E-state index contributed by atoms with van der Waals surface area (Å²) >= 11 is 0. The van der Waals surface area contributed by atoms with Crippen LogP contribution in [0.25, 0.3) is 0 Å². The van der Waals surface area contributed by atoms with Crippen molar-refractivity contribution in [3.05, 3.63) is 30.3 Å². The van der Waals surface area contributed by atoms with Crippen molar-refractivity contribution in [1.82, 2.24) is 10.2 Å². The Hall–Kier alpha value is -2.04. The smallest absolute Gasteiger partial charge is 0.242 e. The second kappa shape index (κ2) is 6.93. The Morgan fingerprint density at radius 3 is 2.75 bits per heavy atom. The van der Waals surface area contributed by atoms with Gasteiger partial charge in [0.15, 0.2) is 0 Å². The lowest BCUT2D eigenvalue weighted by Crippen LogP contribution is -2.48. The number of benzene rings is 1. The van der Waals surface area contributed by atoms with Crippen LogP contribution < -0.4 is 10.6 Å². The lowest BCUT2D eigenvalue weighted by atomic mass is 10.1. The van der Waals surface area contributed by atoms with Crippen LogP contribution in [0.15, 0.2) is 30.3 Å². The van der Waals surface area contributed by atoms with Crippen LogP contribution in [0.2, 0.25) is 0 Å². The van der Waals surface area contributed by atoms with Gasteiger partial charge in [-0.1, -0.05) is 18.2 Å². The van der Waals surface area contributed by atoms with Crippen molar-refractivity contribution in [1.29, 1.82) is 0 Å². The molecule has 0 spiro atoms. The van der Waals surface area contributed by atoms with Gasteiger partial charge in [-0.2, -0.15) is 0 Å². The van der Waals surface area contributed by atoms with Crippen molar-refractivity contribution in [2.24, 2.45) is 0 Å². The van der Waals surface area contributed by atoms with E-state index in [2.05, 4.69) is 10.6 Å². The molecule has 2 N–H and O–H groups in total. The summed E-state index contributed by atoms with van der Waals surface area (Å²) in [4.78, 5) is 24.6. The Morgan fingerprint density at radius 2 is 2.05 bits per heavy atom. The number of piperidine rings is 1. The van der Waals surface area contributed by atoms with Crippen LogP contribution in [-0.4, -0.2) is 42.4 Å². The van der Waals surface area contributed by atoms with Gasteiger partial charge in [0.2, 0.25) is 11.8 Å². The normalized spacial score (nSPS) is 18.4. The fraction of sp³-hybridized carbons (Fsp3) is 0.467. The first-order valence-electron chi connectivity index (χ1n) is 6.99. The van der Waals surface area contributed by atoms with Gasteiger partial charge in [0, 0.05) is 31.7 Å². The monoisotopic (exact) mass is 275 g/mol. The summed E-state index contributed by atoms with van der Waals surface area (Å²) in [6.07, 6.45) is 2.04. The van der Waals surface area contributed by atoms with E-state index >= 15 is 0 Å². The van der Waals surface area contributed by atoms with E-state index in [1.54, 1.807) is 0 Å². The first-order valence-corrected chi connectivity index (χ1v) is 6.99. The zero-order valence-corrected chi connectivity index (χ0v) is 11.8. The molecule has 1 aliphatic heterocycles. The van der Waals surface area contributed by atoms with Gasteiger partial charge in [0.25, 0.3) is 0 Å². The molecule has 5 heteroatoms. The minimum atomic E-state index is -0.172. The van der Waals surface area contributed by atoms with Crippen LogP contribution in [0, 0.1) is 0 Å². The highest BCUT2D eigenvalue weighted by atomic mass is 16.2. The minimum Gasteiger partial charge on any atom is -0.381 e. The van der Waals surface area contributed by atoms with Crippen LogP contribution in [-0.2, 0) is 9.59 Å². The number of amides is 2. The SMILES string of the molecule is CC(=O)NCC(=O)N1CCCC(Nc2ccccc2)C1. The standard InChI is InChI=1S/C15H21N3O2/c1-12(19)16-10-15(20)18-9-5-8-14(11-18)17-13-6-3-2-4-7-13/h2-4,6-7,14,17H,5,8-11H2,1H3,(H,16,19). The molecule has 1 fully saturated rings. The van der Waals surface area contributed by atoms with E-state index in [0.717, 1.165) is 25.1 Å². The van der Waals surface area contributed by atoms with Crippen LogP contribution >= 0.6 is 0 Å². The number of anilines is 1. The average molecular weight is 275 g/mol. The van der Waals surface area contributed by atoms with E-state index in [0.29, 0.717) is 6.54 Å². The molecule has 2 amide bonds. The highest BCUT2D eigenvalue weighted by Crippen LogP contribution is 2.15. The molecule has 0 bridgehead atoms. The van der Waals surface area contributed by atoms with Crippen molar-refractivity contribution in [3.8, 4) is 0 Å². The molecule has 0 aromatic heterocycles. The molecule has 108 valence electrons. The predicted octanol–water partition coefficient (Wildman–Crippen LogP) is 1.23. The van der Waals surface area contributed by atoms with Crippen molar-refractivity contribution < 1.29 is 9.59 Å². The summed E-state index contributed by atoms with van der Waals surface area (Å²) in [6.45, 7) is 2.97. The third-order valence-electron chi connectivity index (χ3n) is 3.41. The third kappa shape index (κ3) is 4.26. The first-order chi connectivity index (χ1) is 9.65. The minimum absolute atomic E-state index is 0.0141. The molecular formula is C15H21N3O2. The highest BCUT2D eigenvalue weighted by molar-refractivity contribution is 5.83. The molecule has 20 heavy (non-hydrogen) atoms. The number of rotatable bonds is 4. The van der Waals surface area contributed by atoms with Gasteiger partial charge in [-0.25, -0.2) is 0 Å². The number of nitrogens with zero attached hydrogens (tertiary/aromatic N) is 1. The number of nitrogens with one attached hydrogen (secondary N) is 2. The van der Waals surface area contributed by atoms with Gasteiger partial charge < -0.3 is 15.5 Å². The van der Waals surface area contributed by atoms with Crippen LogP contribution in [0.4, 0.5) is 5.69 Å². The number of likely N-dealkylation sites (tertiary alicyclic amines) is 1. The number of hydrogen-bond acceptors (Lipinski definition) is 3. The zero-order valence-electron chi connectivity index (χ0n) is 11.8. The van der Waals surface area contributed by atoms with Gasteiger partial charge in [0.1, 0.15) is 0 Å². The first kappa shape index (κ1) is 14.4. The summed E-state index contributed by atoms with van der Waals surface area (Å²) in [5.41, 5.74) is 1.08. The highest BCUT2D eigenvalue weighted by Gasteiger charge is 2.23. The van der Waals surface area contributed by atoms with Crippen molar-refractivity contribution in [2.75, 3.05) is 25.0 Å². The van der Waals surface area contributed by atoms with Crippen molar-refractivity contribution >= 4 is 17.5 Å². The predicted molar refractivity (Wildman–Crippen MR) is 78.4 cm³/mol. The Morgan fingerprint density at radius 1 is 1.30 bits per heavy atom. The molecule has 1 aliphatic rings. The number of carbonyl (C=O) groups is 2. The Balaban J connectivity index is 1.85. The molecule has 2 rings (SSSR count). The Kier molecular flexibility index (Phi) is 4.98. The maximum absolute atomic E-state index is 12.0. The van der Waals surface area contributed by atoms with E-state index in [4.69, 9.17) is 0 Å².